The topological polar surface area (TPSA) is 113 Å². The largest absolute Gasteiger partial charge is 0.445 e. The minimum Gasteiger partial charge on any atom is -0.445 e. The Labute approximate surface area is 243 Å². The van der Waals surface area contributed by atoms with Crippen molar-refractivity contribution in [2.45, 2.75) is 39.5 Å². The van der Waals surface area contributed by atoms with Crippen LogP contribution in [0.3, 0.4) is 0 Å². The number of ether oxygens (including phenoxy) is 1. The van der Waals surface area contributed by atoms with Crippen LogP contribution in [0.1, 0.15) is 41.9 Å². The smallest absolute Gasteiger partial charge is 0.408 e. The second-order valence-electron chi connectivity index (χ2n) is 10.5. The maximum Gasteiger partial charge on any atom is 0.408 e. The first-order valence-electron chi connectivity index (χ1n) is 13.4. The van der Waals surface area contributed by atoms with Gasteiger partial charge in [-0.2, -0.15) is 0 Å². The molecule has 0 saturated heterocycles. The molecule has 0 aliphatic carbocycles. The summed E-state index contributed by atoms with van der Waals surface area (Å²) in [6, 6.07) is 20.8. The maximum absolute atomic E-state index is 12.9. The van der Waals surface area contributed by atoms with E-state index in [0.29, 0.717) is 11.4 Å². The highest BCUT2D eigenvalue weighted by molar-refractivity contribution is 7.13. The van der Waals surface area contributed by atoms with Crippen molar-refractivity contribution in [3.8, 4) is 10.6 Å². The first kappa shape index (κ1) is 29.7. The molecule has 3 N–H and O–H groups in total. The summed E-state index contributed by atoms with van der Waals surface area (Å²) in [6.07, 6.45) is -0.355. The van der Waals surface area contributed by atoms with Gasteiger partial charge in [-0.15, -0.1) is 11.3 Å². The van der Waals surface area contributed by atoms with Crippen LogP contribution in [0.4, 0.5) is 4.79 Å². The molecule has 10 heteroatoms. The third-order valence-electron chi connectivity index (χ3n) is 6.26. The Hall–Kier alpha value is -4.28. The van der Waals surface area contributed by atoms with Crippen LogP contribution in [0.25, 0.3) is 21.3 Å². The molecule has 9 nitrogen and oxygen atoms in total. The van der Waals surface area contributed by atoms with Gasteiger partial charge in [0.1, 0.15) is 23.4 Å². The SMILES string of the molecule is CC(C)C[C@H](NC(=O)OCc1ccc(CN(C)C)cc1)C(=O)NNC(=O)c1csc(-c2cccc3ccccc23)n1. The van der Waals surface area contributed by atoms with Gasteiger partial charge in [0.05, 0.1) is 0 Å². The second kappa shape index (κ2) is 13.9. The number of amides is 3. The average molecular weight is 574 g/mol. The fourth-order valence-electron chi connectivity index (χ4n) is 4.32. The molecular weight excluding hydrogens is 538 g/mol. The van der Waals surface area contributed by atoms with Crippen LogP contribution in [0.15, 0.2) is 72.1 Å². The van der Waals surface area contributed by atoms with Crippen LogP contribution in [-0.2, 0) is 22.7 Å². The zero-order valence-corrected chi connectivity index (χ0v) is 24.5. The molecule has 41 heavy (non-hydrogen) atoms. The minimum atomic E-state index is -0.896. The number of carbonyl (C=O) groups is 3. The Morgan fingerprint density at radius 2 is 1.63 bits per heavy atom. The number of nitrogens with one attached hydrogen (secondary N) is 3. The van der Waals surface area contributed by atoms with Crippen molar-refractivity contribution >= 4 is 40.0 Å². The third-order valence-corrected chi connectivity index (χ3v) is 7.14. The highest BCUT2D eigenvalue weighted by Crippen LogP contribution is 2.30. The van der Waals surface area contributed by atoms with E-state index < -0.39 is 23.9 Å². The number of aromatic nitrogens is 1. The summed E-state index contributed by atoms with van der Waals surface area (Å²) in [7, 11) is 4.00. The molecule has 4 aromatic rings. The van der Waals surface area contributed by atoms with Crippen molar-refractivity contribution in [2.75, 3.05) is 14.1 Å². The number of hydrogen-bond acceptors (Lipinski definition) is 7. The summed E-state index contributed by atoms with van der Waals surface area (Å²) in [5, 5.41) is 7.09. The van der Waals surface area contributed by atoms with Gasteiger partial charge >= 0.3 is 6.09 Å². The molecule has 0 radical (unpaired) electrons. The van der Waals surface area contributed by atoms with E-state index in [2.05, 4.69) is 26.1 Å². The quantitative estimate of drug-likeness (QED) is 0.227. The van der Waals surface area contributed by atoms with Crippen molar-refractivity contribution in [3.05, 3.63) is 88.9 Å². The van der Waals surface area contributed by atoms with Gasteiger partial charge in [0.15, 0.2) is 0 Å². The van der Waals surface area contributed by atoms with Gasteiger partial charge in [-0.25, -0.2) is 9.78 Å². The van der Waals surface area contributed by atoms with E-state index in [4.69, 9.17) is 4.74 Å². The lowest BCUT2D eigenvalue weighted by atomic mass is 10.0. The fourth-order valence-corrected chi connectivity index (χ4v) is 5.16. The molecular formula is C31H35N5O4S. The summed E-state index contributed by atoms with van der Waals surface area (Å²) < 4.78 is 5.35. The molecule has 4 rings (SSSR count). The Balaban J connectivity index is 1.31. The van der Waals surface area contributed by atoms with Crippen molar-refractivity contribution < 1.29 is 19.1 Å². The number of hydrazine groups is 1. The number of thiazole rings is 1. The number of rotatable bonds is 10. The molecule has 1 atom stereocenters. The predicted octanol–water partition coefficient (Wildman–Crippen LogP) is 5.13. The summed E-state index contributed by atoms with van der Waals surface area (Å²) in [5.41, 5.74) is 7.94. The monoisotopic (exact) mass is 573 g/mol. The van der Waals surface area contributed by atoms with Crippen LogP contribution < -0.4 is 16.2 Å². The van der Waals surface area contributed by atoms with Gasteiger partial charge in [-0.3, -0.25) is 20.4 Å². The second-order valence-corrected chi connectivity index (χ2v) is 11.3. The van der Waals surface area contributed by atoms with Crippen LogP contribution in [0, 0.1) is 5.92 Å². The van der Waals surface area contributed by atoms with Crippen LogP contribution in [-0.4, -0.2) is 47.9 Å². The summed E-state index contributed by atoms with van der Waals surface area (Å²) in [6.45, 7) is 4.76. The summed E-state index contributed by atoms with van der Waals surface area (Å²) in [4.78, 5) is 44.7. The van der Waals surface area contributed by atoms with E-state index in [-0.39, 0.29) is 18.2 Å². The molecule has 214 valence electrons. The van der Waals surface area contributed by atoms with E-state index in [1.807, 2.05) is 94.7 Å². The van der Waals surface area contributed by atoms with Crippen LogP contribution in [0.5, 0.6) is 0 Å². The molecule has 0 aliphatic heterocycles. The Kier molecular flexibility index (Phi) is 10.0. The first-order valence-corrected chi connectivity index (χ1v) is 14.3. The molecule has 0 saturated carbocycles. The van der Waals surface area contributed by atoms with E-state index in [0.717, 1.165) is 34.0 Å². The lowest BCUT2D eigenvalue weighted by Gasteiger charge is -2.20. The van der Waals surface area contributed by atoms with Crippen molar-refractivity contribution in [1.29, 1.82) is 0 Å². The lowest BCUT2D eigenvalue weighted by Crippen LogP contribution is -2.52. The molecule has 1 aromatic heterocycles. The molecule has 0 unspecified atom stereocenters. The minimum absolute atomic E-state index is 0.0731. The summed E-state index contributed by atoms with van der Waals surface area (Å²) in [5.74, 6) is -1.00. The third kappa shape index (κ3) is 8.36. The zero-order chi connectivity index (χ0) is 29.4. The Morgan fingerprint density at radius 3 is 2.37 bits per heavy atom. The molecule has 0 fully saturated rings. The van der Waals surface area contributed by atoms with E-state index in [1.54, 1.807) is 5.38 Å². The van der Waals surface area contributed by atoms with Gasteiger partial charge in [0, 0.05) is 17.5 Å². The zero-order valence-electron chi connectivity index (χ0n) is 23.6. The van der Waals surface area contributed by atoms with Crippen LogP contribution in [0.2, 0.25) is 0 Å². The van der Waals surface area contributed by atoms with Gasteiger partial charge < -0.3 is 15.0 Å². The van der Waals surface area contributed by atoms with Gasteiger partial charge in [0.25, 0.3) is 11.8 Å². The van der Waals surface area contributed by atoms with Crippen molar-refractivity contribution in [1.82, 2.24) is 26.1 Å². The van der Waals surface area contributed by atoms with Crippen LogP contribution >= 0.6 is 11.3 Å². The van der Waals surface area contributed by atoms with Crippen molar-refractivity contribution in [3.63, 3.8) is 0 Å². The number of fused-ring (bicyclic) bond motifs is 1. The molecule has 0 bridgehead atoms. The first-order chi connectivity index (χ1) is 19.7. The number of carbonyl (C=O) groups excluding carboxylic acids is 3. The van der Waals surface area contributed by atoms with Gasteiger partial charge in [0.2, 0.25) is 0 Å². The van der Waals surface area contributed by atoms with Gasteiger partial charge in [-0.1, -0.05) is 80.6 Å². The van der Waals surface area contributed by atoms with E-state index >= 15 is 0 Å². The lowest BCUT2D eigenvalue weighted by molar-refractivity contribution is -0.124. The number of hydrogen-bond donors (Lipinski definition) is 3. The highest BCUT2D eigenvalue weighted by atomic mass is 32.1. The molecule has 3 amide bonds. The molecule has 1 heterocycles. The fraction of sp³-hybridized carbons (Fsp3) is 0.290. The molecule has 0 spiro atoms. The highest BCUT2D eigenvalue weighted by Gasteiger charge is 2.24. The van der Waals surface area contributed by atoms with Gasteiger partial charge in [-0.05, 0) is 48.3 Å². The Bertz CT molecular complexity index is 1490. The average Bonchev–Trinajstić information content (AvgIpc) is 3.44. The van der Waals surface area contributed by atoms with Crippen molar-refractivity contribution in [2.24, 2.45) is 5.92 Å². The predicted molar refractivity (Wildman–Crippen MR) is 161 cm³/mol. The number of benzene rings is 3. The maximum atomic E-state index is 12.9. The molecule has 0 aliphatic rings. The standard InChI is InChI=1S/C31H35N5O4S/c1-20(2)16-26(33-31(39)40-18-22-14-12-21(13-15-22)17-36(3)4)28(37)34-35-29(38)27-19-41-30(32-27)25-11-7-9-23-8-5-6-10-24(23)25/h5-15,19-20,26H,16-18H2,1-4H3,(H,33,39)(H,34,37)(H,35,38)/t26-/m0/s1. The molecule has 3 aromatic carbocycles. The number of alkyl carbamates (subject to hydrolysis) is 1. The number of nitrogens with zero attached hydrogens (tertiary/aromatic N) is 2. The van der Waals surface area contributed by atoms with E-state index in [9.17, 15) is 14.4 Å². The Morgan fingerprint density at radius 1 is 0.927 bits per heavy atom. The normalized spacial score (nSPS) is 11.9. The van der Waals surface area contributed by atoms with E-state index in [1.165, 1.54) is 11.3 Å². The summed E-state index contributed by atoms with van der Waals surface area (Å²) >= 11 is 1.35.